The van der Waals surface area contributed by atoms with Crippen LogP contribution in [-0.2, 0) is 11.2 Å². The number of rotatable bonds is 6. The van der Waals surface area contributed by atoms with E-state index in [0.717, 1.165) is 10.1 Å². The molecule has 0 radical (unpaired) electrons. The lowest BCUT2D eigenvalue weighted by Crippen LogP contribution is -2.23. The maximum Gasteiger partial charge on any atom is 0.490 e. The molecule has 2 aromatic carbocycles. The highest BCUT2D eigenvalue weighted by Crippen LogP contribution is 2.31. The van der Waals surface area contributed by atoms with Gasteiger partial charge in [-0.05, 0) is 54.1 Å². The zero-order valence-corrected chi connectivity index (χ0v) is 18.4. The first kappa shape index (κ1) is 25.9. The molecule has 6 N–H and O–H groups in total. The van der Waals surface area contributed by atoms with Crippen LogP contribution in [0.2, 0.25) is 5.02 Å². The third-order valence-electron chi connectivity index (χ3n) is 4.26. The van der Waals surface area contributed by atoms with Gasteiger partial charge >= 0.3 is 12.1 Å². The molecule has 33 heavy (non-hydrogen) atoms. The molecule has 0 saturated carbocycles. The van der Waals surface area contributed by atoms with Crippen LogP contribution in [0.3, 0.4) is 0 Å². The Kier molecular flexibility index (Phi) is 8.66. The summed E-state index contributed by atoms with van der Waals surface area (Å²) in [5.74, 6) is -2.76. The van der Waals surface area contributed by atoms with Crippen LogP contribution in [0.5, 0.6) is 5.75 Å². The molecule has 0 atom stereocenters. The maximum atomic E-state index is 12.3. The van der Waals surface area contributed by atoms with E-state index in [2.05, 4.69) is 5.32 Å². The average Bonchev–Trinajstić information content (AvgIpc) is 3.17. The van der Waals surface area contributed by atoms with Crippen molar-refractivity contribution >= 4 is 50.7 Å². The van der Waals surface area contributed by atoms with Gasteiger partial charge in [0.2, 0.25) is 0 Å². The fourth-order valence-electron chi connectivity index (χ4n) is 2.66. The number of thiophene rings is 1. The molecule has 0 aliphatic heterocycles. The number of benzene rings is 2. The molecule has 0 spiro atoms. The van der Waals surface area contributed by atoms with E-state index >= 15 is 0 Å². The van der Waals surface area contributed by atoms with Crippen molar-refractivity contribution in [1.29, 1.82) is 5.41 Å². The van der Waals surface area contributed by atoms with E-state index < -0.39 is 12.1 Å². The molecule has 12 heteroatoms. The highest BCUT2D eigenvalue weighted by Gasteiger charge is 2.38. The number of phenolic OH excluding ortho intramolecular Hbond substituents is 1. The fourth-order valence-corrected chi connectivity index (χ4v) is 3.94. The number of halogens is 4. The highest BCUT2D eigenvalue weighted by molar-refractivity contribution is 7.21. The van der Waals surface area contributed by atoms with Crippen LogP contribution in [0.1, 0.15) is 27.2 Å². The van der Waals surface area contributed by atoms with Crippen LogP contribution in [0.4, 0.5) is 13.2 Å². The summed E-state index contributed by atoms with van der Waals surface area (Å²) in [5.41, 5.74) is 6.75. The van der Waals surface area contributed by atoms with Gasteiger partial charge in [0.25, 0.3) is 5.91 Å². The number of carboxylic acid groups (broad SMARTS) is 1. The molecule has 7 nitrogen and oxygen atoms in total. The molecule has 1 amide bonds. The van der Waals surface area contributed by atoms with Crippen LogP contribution < -0.4 is 11.1 Å². The van der Waals surface area contributed by atoms with Crippen molar-refractivity contribution in [3.8, 4) is 5.75 Å². The third kappa shape index (κ3) is 7.36. The SMILES string of the molecule is N=C(N)c1ccc(O)c(CCCNC(=O)c2cc3cccc(Cl)c3s2)c1.O=C(O)C(F)(F)F. The average molecular weight is 502 g/mol. The van der Waals surface area contributed by atoms with Crippen molar-refractivity contribution in [2.24, 2.45) is 5.73 Å². The Balaban J connectivity index is 0.000000479. The quantitative estimate of drug-likeness (QED) is 0.192. The number of nitrogens with two attached hydrogens (primary N) is 1. The first-order valence-electron chi connectivity index (χ1n) is 9.32. The predicted molar refractivity (Wildman–Crippen MR) is 120 cm³/mol. The molecule has 3 aromatic rings. The number of nitrogen functional groups attached to an aromatic ring is 1. The lowest BCUT2D eigenvalue weighted by atomic mass is 10.0. The van der Waals surface area contributed by atoms with Gasteiger partial charge in [0.15, 0.2) is 0 Å². The zero-order valence-electron chi connectivity index (χ0n) is 16.9. The summed E-state index contributed by atoms with van der Waals surface area (Å²) in [5, 5.41) is 29.0. The van der Waals surface area contributed by atoms with E-state index in [1.54, 1.807) is 12.1 Å². The molecule has 0 aliphatic carbocycles. The largest absolute Gasteiger partial charge is 0.508 e. The zero-order chi connectivity index (χ0) is 24.8. The molecule has 3 rings (SSSR count). The Morgan fingerprint density at radius 1 is 1.18 bits per heavy atom. The Morgan fingerprint density at radius 3 is 2.42 bits per heavy atom. The van der Waals surface area contributed by atoms with Crippen LogP contribution in [0.15, 0.2) is 42.5 Å². The molecule has 0 fully saturated rings. The Hall–Kier alpha value is -3.31. The van der Waals surface area contributed by atoms with E-state index in [1.165, 1.54) is 17.4 Å². The lowest BCUT2D eigenvalue weighted by Gasteiger charge is -2.08. The Morgan fingerprint density at radius 2 is 1.85 bits per heavy atom. The van der Waals surface area contributed by atoms with Crippen molar-refractivity contribution < 1.29 is 33.0 Å². The number of hydrogen-bond acceptors (Lipinski definition) is 5. The second kappa shape index (κ2) is 11.0. The Labute approximate surface area is 195 Å². The molecule has 1 heterocycles. The van der Waals surface area contributed by atoms with E-state index in [9.17, 15) is 23.1 Å². The van der Waals surface area contributed by atoms with E-state index in [0.29, 0.717) is 40.4 Å². The molecule has 0 saturated heterocycles. The number of fused-ring (bicyclic) bond motifs is 1. The van der Waals surface area contributed by atoms with Gasteiger partial charge in [-0.2, -0.15) is 13.2 Å². The summed E-state index contributed by atoms with van der Waals surface area (Å²) in [7, 11) is 0. The van der Waals surface area contributed by atoms with E-state index in [-0.39, 0.29) is 17.5 Å². The van der Waals surface area contributed by atoms with Gasteiger partial charge in [0, 0.05) is 12.1 Å². The third-order valence-corrected chi connectivity index (χ3v) is 5.87. The van der Waals surface area contributed by atoms with Crippen LogP contribution in [0.25, 0.3) is 10.1 Å². The molecule has 0 unspecified atom stereocenters. The topological polar surface area (TPSA) is 136 Å². The molecular formula is C21H19ClF3N3O4S. The fraction of sp³-hybridized carbons (Fsp3) is 0.190. The van der Waals surface area contributed by atoms with Gasteiger partial charge < -0.3 is 21.3 Å². The number of alkyl halides is 3. The number of nitrogens with one attached hydrogen (secondary N) is 2. The van der Waals surface area contributed by atoms with Crippen LogP contribution >= 0.6 is 22.9 Å². The number of amidine groups is 1. The van der Waals surface area contributed by atoms with Crippen LogP contribution in [0, 0.1) is 5.41 Å². The second-order valence-corrected chi connectivity index (χ2v) is 8.15. The van der Waals surface area contributed by atoms with Gasteiger partial charge in [-0.15, -0.1) is 11.3 Å². The molecule has 1 aromatic heterocycles. The number of carbonyl (C=O) groups is 2. The summed E-state index contributed by atoms with van der Waals surface area (Å²) in [6.07, 6.45) is -3.85. The van der Waals surface area contributed by atoms with Crippen molar-refractivity contribution in [1.82, 2.24) is 5.32 Å². The normalized spacial score (nSPS) is 10.9. The monoisotopic (exact) mass is 501 g/mol. The molecule has 176 valence electrons. The molecule has 0 bridgehead atoms. The van der Waals surface area contributed by atoms with Crippen molar-refractivity contribution in [2.45, 2.75) is 19.0 Å². The van der Waals surface area contributed by atoms with E-state index in [1.807, 2.05) is 24.3 Å². The van der Waals surface area contributed by atoms with E-state index in [4.69, 9.17) is 32.6 Å². The smallest absolute Gasteiger partial charge is 0.490 e. The van der Waals surface area contributed by atoms with Gasteiger partial charge in [0.05, 0.1) is 14.6 Å². The number of carbonyl (C=O) groups excluding carboxylic acids is 1. The van der Waals surface area contributed by atoms with Gasteiger partial charge in [-0.1, -0.05) is 23.7 Å². The summed E-state index contributed by atoms with van der Waals surface area (Å²) >= 11 is 7.52. The maximum absolute atomic E-state index is 12.3. The number of hydrogen-bond donors (Lipinski definition) is 5. The van der Waals surface area contributed by atoms with Crippen LogP contribution in [-0.4, -0.2) is 40.6 Å². The summed E-state index contributed by atoms with van der Waals surface area (Å²) in [6.45, 7) is 0.477. The van der Waals surface area contributed by atoms with Crippen molar-refractivity contribution in [3.63, 3.8) is 0 Å². The number of aliphatic carboxylic acids is 1. The van der Waals surface area contributed by atoms with Gasteiger partial charge in [-0.25, -0.2) is 4.79 Å². The lowest BCUT2D eigenvalue weighted by molar-refractivity contribution is -0.192. The minimum Gasteiger partial charge on any atom is -0.508 e. The number of aryl methyl sites for hydroxylation is 1. The summed E-state index contributed by atoms with van der Waals surface area (Å²) in [6, 6.07) is 12.3. The standard InChI is InChI=1S/C19H18ClN3O2S.C2HF3O2/c20-14-5-1-3-12-10-16(26-17(12)14)19(25)23-8-2-4-11-9-13(18(21)22)6-7-15(11)24;3-2(4,5)1(6)7/h1,3,5-7,9-10,24H,2,4,8H2,(H3,21,22)(H,23,25);(H,6,7). The number of aromatic hydroxyl groups is 1. The minimum absolute atomic E-state index is 0.0389. The molecular weight excluding hydrogens is 483 g/mol. The summed E-state index contributed by atoms with van der Waals surface area (Å²) < 4.78 is 32.6. The highest BCUT2D eigenvalue weighted by atomic mass is 35.5. The first-order chi connectivity index (χ1) is 15.4. The Bertz CT molecular complexity index is 1180. The number of carboxylic acids is 1. The van der Waals surface area contributed by atoms with Gasteiger partial charge in [0.1, 0.15) is 11.6 Å². The van der Waals surface area contributed by atoms with Crippen molar-refractivity contribution in [2.75, 3.05) is 6.54 Å². The first-order valence-corrected chi connectivity index (χ1v) is 10.5. The van der Waals surface area contributed by atoms with Crippen molar-refractivity contribution in [3.05, 3.63) is 63.5 Å². The predicted octanol–water partition coefficient (Wildman–Crippen LogP) is 4.54. The number of phenols is 1. The summed E-state index contributed by atoms with van der Waals surface area (Å²) in [4.78, 5) is 21.8. The molecule has 0 aliphatic rings. The minimum atomic E-state index is -5.08. The van der Waals surface area contributed by atoms with Gasteiger partial charge in [-0.3, -0.25) is 10.2 Å². The second-order valence-electron chi connectivity index (χ2n) is 6.69. The number of amides is 1.